The Kier molecular flexibility index (Phi) is 5.12. The van der Waals surface area contributed by atoms with Gasteiger partial charge in [0.15, 0.2) is 0 Å². The molecule has 108 valence electrons. The second-order valence-electron chi connectivity index (χ2n) is 4.50. The molecule has 0 saturated heterocycles. The van der Waals surface area contributed by atoms with Gasteiger partial charge in [-0.15, -0.1) is 0 Å². The van der Waals surface area contributed by atoms with Gasteiger partial charge in [0.1, 0.15) is 12.4 Å². The van der Waals surface area contributed by atoms with E-state index in [0.29, 0.717) is 12.2 Å². The number of hydrogen-bond acceptors (Lipinski definition) is 3. The standard InChI is InChI=1S/C17H18N2O2/c1-2-6-14-8-3-4-10-16(14)21-12-13-7-5-9-15(11-13)17(20)19-18/h2-11H,12,18H2,1H3,(H,19,20). The zero-order valence-electron chi connectivity index (χ0n) is 11.9. The molecule has 0 radical (unpaired) electrons. The highest BCUT2D eigenvalue weighted by Gasteiger charge is 2.05. The summed E-state index contributed by atoms with van der Waals surface area (Å²) in [7, 11) is 0. The van der Waals surface area contributed by atoms with Crippen molar-refractivity contribution < 1.29 is 9.53 Å². The van der Waals surface area contributed by atoms with Crippen LogP contribution >= 0.6 is 0 Å². The molecule has 21 heavy (non-hydrogen) atoms. The Morgan fingerprint density at radius 1 is 1.24 bits per heavy atom. The van der Waals surface area contributed by atoms with Crippen LogP contribution in [-0.4, -0.2) is 5.91 Å². The fourth-order valence-corrected chi connectivity index (χ4v) is 1.98. The lowest BCUT2D eigenvalue weighted by Gasteiger charge is -2.10. The van der Waals surface area contributed by atoms with Gasteiger partial charge in [0.05, 0.1) is 0 Å². The van der Waals surface area contributed by atoms with Crippen molar-refractivity contribution in [2.24, 2.45) is 5.84 Å². The summed E-state index contributed by atoms with van der Waals surface area (Å²) in [4.78, 5) is 11.5. The third-order valence-corrected chi connectivity index (χ3v) is 2.98. The van der Waals surface area contributed by atoms with Crippen molar-refractivity contribution in [3.05, 3.63) is 71.3 Å². The average molecular weight is 282 g/mol. The lowest BCUT2D eigenvalue weighted by molar-refractivity contribution is 0.0953. The van der Waals surface area contributed by atoms with E-state index in [1.807, 2.05) is 49.4 Å². The maximum absolute atomic E-state index is 11.5. The molecular formula is C17H18N2O2. The smallest absolute Gasteiger partial charge is 0.265 e. The monoisotopic (exact) mass is 282 g/mol. The highest BCUT2D eigenvalue weighted by atomic mass is 16.5. The van der Waals surface area contributed by atoms with Crippen LogP contribution < -0.4 is 16.0 Å². The van der Waals surface area contributed by atoms with Gasteiger partial charge in [0, 0.05) is 11.1 Å². The third kappa shape index (κ3) is 3.94. The molecule has 0 saturated carbocycles. The normalized spacial score (nSPS) is 10.6. The SMILES string of the molecule is CC=Cc1ccccc1OCc1cccc(C(=O)NN)c1. The third-order valence-electron chi connectivity index (χ3n) is 2.98. The van der Waals surface area contributed by atoms with Gasteiger partial charge >= 0.3 is 0 Å². The van der Waals surface area contributed by atoms with E-state index in [4.69, 9.17) is 10.6 Å². The number of nitrogens with one attached hydrogen (secondary N) is 1. The number of hydrazine groups is 1. The average Bonchev–Trinajstić information content (AvgIpc) is 2.54. The van der Waals surface area contributed by atoms with E-state index >= 15 is 0 Å². The minimum absolute atomic E-state index is 0.314. The number of benzene rings is 2. The molecule has 0 atom stereocenters. The molecule has 0 unspecified atom stereocenters. The molecular weight excluding hydrogens is 264 g/mol. The van der Waals surface area contributed by atoms with Gasteiger partial charge in [0.25, 0.3) is 5.91 Å². The Morgan fingerprint density at radius 2 is 2.05 bits per heavy atom. The predicted octanol–water partition coefficient (Wildman–Crippen LogP) is 2.90. The number of nitrogens with two attached hydrogens (primary N) is 1. The summed E-state index contributed by atoms with van der Waals surface area (Å²) in [6.45, 7) is 2.35. The number of allylic oxidation sites excluding steroid dienone is 1. The van der Waals surface area contributed by atoms with Crippen molar-refractivity contribution in [3.63, 3.8) is 0 Å². The number of rotatable bonds is 5. The van der Waals surface area contributed by atoms with Crippen molar-refractivity contribution in [2.45, 2.75) is 13.5 Å². The molecule has 0 fully saturated rings. The lowest BCUT2D eigenvalue weighted by atomic mass is 10.1. The molecule has 4 heteroatoms. The summed E-state index contributed by atoms with van der Waals surface area (Å²) in [5, 5.41) is 0. The topological polar surface area (TPSA) is 64.3 Å². The Hall–Kier alpha value is -2.59. The Bertz CT molecular complexity index is 651. The molecule has 0 aliphatic rings. The summed E-state index contributed by atoms with van der Waals surface area (Å²) in [5.41, 5.74) is 4.57. The fourth-order valence-electron chi connectivity index (χ4n) is 1.98. The highest BCUT2D eigenvalue weighted by Crippen LogP contribution is 2.21. The number of nitrogen functional groups attached to an aromatic ring is 1. The van der Waals surface area contributed by atoms with Crippen molar-refractivity contribution in [3.8, 4) is 5.75 Å². The Labute approximate surface area is 124 Å². The van der Waals surface area contributed by atoms with Crippen LogP contribution in [0.1, 0.15) is 28.4 Å². The number of carbonyl (C=O) groups excluding carboxylic acids is 1. The molecule has 2 aromatic carbocycles. The number of hydrogen-bond donors (Lipinski definition) is 2. The molecule has 0 bridgehead atoms. The van der Waals surface area contributed by atoms with Gasteiger partial charge in [-0.05, 0) is 30.7 Å². The van der Waals surface area contributed by atoms with Crippen molar-refractivity contribution in [1.29, 1.82) is 0 Å². The van der Waals surface area contributed by atoms with Crippen LogP contribution in [-0.2, 0) is 6.61 Å². The van der Waals surface area contributed by atoms with Crippen LogP contribution in [0.5, 0.6) is 5.75 Å². The molecule has 0 heterocycles. The Morgan fingerprint density at radius 3 is 2.81 bits per heavy atom. The number of carbonyl (C=O) groups is 1. The summed E-state index contributed by atoms with van der Waals surface area (Å²) in [5.74, 6) is 5.63. The number of ether oxygens (including phenoxy) is 1. The summed E-state index contributed by atoms with van der Waals surface area (Å²) < 4.78 is 5.83. The maximum Gasteiger partial charge on any atom is 0.265 e. The van der Waals surface area contributed by atoms with Crippen molar-refractivity contribution in [1.82, 2.24) is 5.43 Å². The van der Waals surface area contributed by atoms with Crippen LogP contribution in [0.15, 0.2) is 54.6 Å². The van der Waals surface area contributed by atoms with Gasteiger partial charge in [0.2, 0.25) is 0 Å². The van der Waals surface area contributed by atoms with Gasteiger partial charge in [-0.1, -0.05) is 42.5 Å². The first-order chi connectivity index (χ1) is 10.2. The van der Waals surface area contributed by atoms with E-state index in [9.17, 15) is 4.79 Å². The Balaban J connectivity index is 2.12. The molecule has 2 rings (SSSR count). The van der Waals surface area contributed by atoms with Crippen molar-refractivity contribution in [2.75, 3.05) is 0 Å². The minimum atomic E-state index is -0.314. The van der Waals surface area contributed by atoms with Crippen LogP contribution in [0.3, 0.4) is 0 Å². The molecule has 0 aromatic heterocycles. The van der Waals surface area contributed by atoms with Crippen LogP contribution in [0, 0.1) is 0 Å². The van der Waals surface area contributed by atoms with Gasteiger partial charge < -0.3 is 4.74 Å². The van der Waals surface area contributed by atoms with Crippen molar-refractivity contribution >= 4 is 12.0 Å². The second-order valence-corrected chi connectivity index (χ2v) is 4.50. The second kappa shape index (κ2) is 7.26. The van der Waals surface area contributed by atoms with E-state index in [1.165, 1.54) is 0 Å². The maximum atomic E-state index is 11.5. The molecule has 0 aliphatic heterocycles. The first kappa shape index (κ1) is 14.8. The zero-order chi connectivity index (χ0) is 15.1. The van der Waals surface area contributed by atoms with E-state index < -0.39 is 0 Å². The first-order valence-corrected chi connectivity index (χ1v) is 6.69. The van der Waals surface area contributed by atoms with Crippen LogP contribution in [0.4, 0.5) is 0 Å². The number of para-hydroxylation sites is 1. The van der Waals surface area contributed by atoms with Gasteiger partial charge in [-0.2, -0.15) is 0 Å². The fraction of sp³-hybridized carbons (Fsp3) is 0.118. The first-order valence-electron chi connectivity index (χ1n) is 6.69. The van der Waals surface area contributed by atoms with Crippen LogP contribution in [0.2, 0.25) is 0 Å². The zero-order valence-corrected chi connectivity index (χ0v) is 11.9. The molecule has 0 spiro atoms. The largest absolute Gasteiger partial charge is 0.488 e. The van der Waals surface area contributed by atoms with E-state index in [1.54, 1.807) is 18.2 Å². The molecule has 2 aromatic rings. The lowest BCUT2D eigenvalue weighted by Crippen LogP contribution is -2.30. The minimum Gasteiger partial charge on any atom is -0.488 e. The molecule has 3 N–H and O–H groups in total. The highest BCUT2D eigenvalue weighted by molar-refractivity contribution is 5.93. The van der Waals surface area contributed by atoms with Gasteiger partial charge in [-0.3, -0.25) is 10.2 Å². The van der Waals surface area contributed by atoms with Crippen LogP contribution in [0.25, 0.3) is 6.08 Å². The van der Waals surface area contributed by atoms with Gasteiger partial charge in [-0.25, -0.2) is 5.84 Å². The summed E-state index contributed by atoms with van der Waals surface area (Å²) in [6, 6.07) is 15.0. The van der Waals surface area contributed by atoms with E-state index in [0.717, 1.165) is 16.9 Å². The number of amides is 1. The molecule has 1 amide bonds. The predicted molar refractivity (Wildman–Crippen MR) is 83.6 cm³/mol. The quantitative estimate of drug-likeness (QED) is 0.503. The van der Waals surface area contributed by atoms with E-state index in [2.05, 4.69) is 5.43 Å². The molecule has 0 aliphatic carbocycles. The summed E-state index contributed by atoms with van der Waals surface area (Å²) in [6.07, 6.45) is 3.96. The summed E-state index contributed by atoms with van der Waals surface area (Å²) >= 11 is 0. The van der Waals surface area contributed by atoms with E-state index in [-0.39, 0.29) is 5.91 Å². The molecule has 4 nitrogen and oxygen atoms in total.